The second kappa shape index (κ2) is 4.29. The van der Waals surface area contributed by atoms with Crippen molar-refractivity contribution in [3.8, 4) is 0 Å². The van der Waals surface area contributed by atoms with Gasteiger partial charge in [0, 0.05) is 19.5 Å². The molecule has 0 fully saturated rings. The minimum Gasteiger partial charge on any atom is -0.330 e. The maximum Gasteiger partial charge on any atom is 0.247 e. The fraction of sp³-hybridized carbons (Fsp3) is 0.800. The quantitative estimate of drug-likeness (QED) is 0.404. The van der Waals surface area contributed by atoms with Crippen molar-refractivity contribution in [2.45, 2.75) is 13.3 Å². The van der Waals surface area contributed by atoms with E-state index in [4.69, 9.17) is 10.9 Å². The Hall–Kier alpha value is -0.610. The minimum atomic E-state index is -0.319. The molecule has 0 aliphatic heterocycles. The SMILES string of the molecule is CCN(O)C(=O)CCN. The van der Waals surface area contributed by atoms with Crippen LogP contribution in [0, 0.1) is 0 Å². The second-order valence-corrected chi connectivity index (χ2v) is 1.65. The molecule has 54 valence electrons. The first kappa shape index (κ1) is 8.39. The van der Waals surface area contributed by atoms with Crippen LogP contribution >= 0.6 is 0 Å². The number of carbonyl (C=O) groups excluding carboxylic acids is 1. The van der Waals surface area contributed by atoms with Crippen molar-refractivity contribution in [1.29, 1.82) is 0 Å². The Morgan fingerprint density at radius 2 is 2.33 bits per heavy atom. The highest BCUT2D eigenvalue weighted by molar-refractivity contribution is 5.74. The zero-order valence-electron chi connectivity index (χ0n) is 5.50. The van der Waals surface area contributed by atoms with Crippen molar-refractivity contribution >= 4 is 5.91 Å². The molecule has 4 nitrogen and oxygen atoms in total. The number of nitrogens with zero attached hydrogens (tertiary/aromatic N) is 1. The first-order valence-corrected chi connectivity index (χ1v) is 2.91. The summed E-state index contributed by atoms with van der Waals surface area (Å²) in [5, 5.41) is 9.35. The summed E-state index contributed by atoms with van der Waals surface area (Å²) in [6.07, 6.45) is 0.213. The van der Waals surface area contributed by atoms with Gasteiger partial charge >= 0.3 is 0 Å². The molecular weight excluding hydrogens is 120 g/mol. The Morgan fingerprint density at radius 3 is 2.67 bits per heavy atom. The fourth-order valence-corrected chi connectivity index (χ4v) is 0.429. The van der Waals surface area contributed by atoms with E-state index >= 15 is 0 Å². The summed E-state index contributed by atoms with van der Waals surface area (Å²) >= 11 is 0. The Bertz CT molecular complexity index is 95.0. The van der Waals surface area contributed by atoms with Crippen LogP contribution in [0.4, 0.5) is 0 Å². The average molecular weight is 132 g/mol. The number of nitrogens with two attached hydrogens (primary N) is 1. The van der Waals surface area contributed by atoms with Crippen LogP contribution in [-0.4, -0.2) is 29.3 Å². The van der Waals surface area contributed by atoms with Crippen LogP contribution in [0.1, 0.15) is 13.3 Å². The molecule has 4 heteroatoms. The summed E-state index contributed by atoms with van der Waals surface area (Å²) in [6.45, 7) is 2.29. The summed E-state index contributed by atoms with van der Waals surface area (Å²) < 4.78 is 0. The molecule has 0 aliphatic carbocycles. The van der Waals surface area contributed by atoms with Crippen molar-refractivity contribution in [2.75, 3.05) is 13.1 Å². The Morgan fingerprint density at radius 1 is 1.78 bits per heavy atom. The third-order valence-corrected chi connectivity index (χ3v) is 0.946. The molecule has 0 radical (unpaired) electrons. The number of hydrogen-bond donors (Lipinski definition) is 2. The van der Waals surface area contributed by atoms with Crippen LogP contribution < -0.4 is 5.73 Å². The van der Waals surface area contributed by atoms with E-state index in [-0.39, 0.29) is 18.9 Å². The molecule has 0 aromatic heterocycles. The van der Waals surface area contributed by atoms with Crippen LogP contribution in [0.2, 0.25) is 0 Å². The normalized spacial score (nSPS) is 9.22. The lowest BCUT2D eigenvalue weighted by atomic mass is 10.4. The molecule has 0 aromatic rings. The van der Waals surface area contributed by atoms with Gasteiger partial charge in [0.25, 0.3) is 0 Å². The van der Waals surface area contributed by atoms with Gasteiger partial charge in [0.05, 0.1) is 0 Å². The summed E-state index contributed by atoms with van der Waals surface area (Å²) in [5.41, 5.74) is 5.06. The Labute approximate surface area is 54.2 Å². The van der Waals surface area contributed by atoms with E-state index < -0.39 is 0 Å². The number of carbonyl (C=O) groups is 1. The second-order valence-electron chi connectivity index (χ2n) is 1.65. The van der Waals surface area contributed by atoms with Gasteiger partial charge in [-0.2, -0.15) is 0 Å². The standard InChI is InChI=1S/C5H12N2O2/c1-2-7(9)5(8)3-4-6/h9H,2-4,6H2,1H3. The molecule has 0 aliphatic rings. The molecule has 0 aromatic carbocycles. The summed E-state index contributed by atoms with van der Waals surface area (Å²) in [5.74, 6) is -0.319. The molecule has 0 saturated heterocycles. The number of hydrogen-bond acceptors (Lipinski definition) is 3. The van der Waals surface area contributed by atoms with E-state index in [2.05, 4.69) is 0 Å². The monoisotopic (exact) mass is 132 g/mol. The number of amides is 1. The highest BCUT2D eigenvalue weighted by Gasteiger charge is 2.04. The van der Waals surface area contributed by atoms with Crippen molar-refractivity contribution in [1.82, 2.24) is 5.06 Å². The molecule has 0 spiro atoms. The van der Waals surface area contributed by atoms with Crippen LogP contribution in [0.3, 0.4) is 0 Å². The third-order valence-electron chi connectivity index (χ3n) is 0.946. The summed E-state index contributed by atoms with van der Waals surface area (Å²) in [6, 6.07) is 0. The van der Waals surface area contributed by atoms with E-state index in [9.17, 15) is 4.79 Å². The lowest BCUT2D eigenvalue weighted by Gasteiger charge is -2.10. The first-order valence-electron chi connectivity index (χ1n) is 2.91. The van der Waals surface area contributed by atoms with Gasteiger partial charge in [-0.05, 0) is 6.92 Å². The molecular formula is C5H12N2O2. The topological polar surface area (TPSA) is 66.6 Å². The van der Waals surface area contributed by atoms with Crippen LogP contribution in [-0.2, 0) is 4.79 Å². The molecule has 1 amide bonds. The lowest BCUT2D eigenvalue weighted by molar-refractivity contribution is -0.164. The van der Waals surface area contributed by atoms with Gasteiger partial charge in [0.1, 0.15) is 0 Å². The van der Waals surface area contributed by atoms with Crippen molar-refractivity contribution in [3.05, 3.63) is 0 Å². The predicted octanol–water partition coefficient (Wildman–Crippen LogP) is -0.427. The van der Waals surface area contributed by atoms with Crippen LogP contribution in [0.5, 0.6) is 0 Å². The van der Waals surface area contributed by atoms with E-state index in [1.807, 2.05) is 0 Å². The van der Waals surface area contributed by atoms with Gasteiger partial charge in [-0.1, -0.05) is 0 Å². The first-order chi connectivity index (χ1) is 4.22. The molecule has 3 N–H and O–H groups in total. The maximum atomic E-state index is 10.6. The van der Waals surface area contributed by atoms with Crippen molar-refractivity contribution in [3.63, 3.8) is 0 Å². The molecule has 0 saturated carbocycles. The van der Waals surface area contributed by atoms with E-state index in [0.717, 1.165) is 0 Å². The molecule has 0 atom stereocenters. The predicted molar refractivity (Wildman–Crippen MR) is 32.8 cm³/mol. The smallest absolute Gasteiger partial charge is 0.247 e. The molecule has 9 heavy (non-hydrogen) atoms. The van der Waals surface area contributed by atoms with Gasteiger partial charge in [-0.25, -0.2) is 5.06 Å². The van der Waals surface area contributed by atoms with E-state index in [1.165, 1.54) is 0 Å². The highest BCUT2D eigenvalue weighted by atomic mass is 16.5. The zero-order valence-corrected chi connectivity index (χ0v) is 5.50. The zero-order chi connectivity index (χ0) is 7.28. The van der Waals surface area contributed by atoms with Gasteiger partial charge in [-0.3, -0.25) is 10.0 Å². The lowest BCUT2D eigenvalue weighted by Crippen LogP contribution is -2.28. The summed E-state index contributed by atoms with van der Waals surface area (Å²) in [7, 11) is 0. The van der Waals surface area contributed by atoms with Gasteiger partial charge in [-0.15, -0.1) is 0 Å². The maximum absolute atomic E-state index is 10.6. The Kier molecular flexibility index (Phi) is 4.00. The van der Waals surface area contributed by atoms with Gasteiger partial charge < -0.3 is 5.73 Å². The molecule has 0 rings (SSSR count). The largest absolute Gasteiger partial charge is 0.330 e. The number of rotatable bonds is 3. The third kappa shape index (κ3) is 3.05. The van der Waals surface area contributed by atoms with Crippen LogP contribution in [0.15, 0.2) is 0 Å². The van der Waals surface area contributed by atoms with Crippen molar-refractivity contribution < 1.29 is 10.0 Å². The van der Waals surface area contributed by atoms with Gasteiger partial charge in [0.15, 0.2) is 0 Å². The van der Waals surface area contributed by atoms with E-state index in [1.54, 1.807) is 6.92 Å². The van der Waals surface area contributed by atoms with Gasteiger partial charge in [0.2, 0.25) is 5.91 Å². The average Bonchev–Trinajstić information content (AvgIpc) is 1.87. The molecule has 0 unspecified atom stereocenters. The van der Waals surface area contributed by atoms with Crippen molar-refractivity contribution in [2.24, 2.45) is 5.73 Å². The number of hydroxylamine groups is 2. The van der Waals surface area contributed by atoms with Crippen LogP contribution in [0.25, 0.3) is 0 Å². The summed E-state index contributed by atoms with van der Waals surface area (Å²) in [4.78, 5) is 10.6. The Balaban J connectivity index is 3.46. The minimum absolute atomic E-state index is 0.213. The molecule has 0 bridgehead atoms. The molecule has 0 heterocycles. The van der Waals surface area contributed by atoms with E-state index in [0.29, 0.717) is 11.6 Å². The highest BCUT2D eigenvalue weighted by Crippen LogP contribution is 1.85. The fourth-order valence-electron chi connectivity index (χ4n) is 0.429.